The number of amides is 1. The summed E-state index contributed by atoms with van der Waals surface area (Å²) < 4.78 is 18.4. The van der Waals surface area contributed by atoms with Gasteiger partial charge in [-0.2, -0.15) is 4.39 Å². The van der Waals surface area contributed by atoms with E-state index in [0.717, 1.165) is 12.1 Å². The number of esters is 1. The smallest absolute Gasteiger partial charge is 0.341 e. The SMILES string of the molecule is CNc1ccccc1C(=O)O[C@@H](C)C(=O)Nc1ccc(F)c([N+](=O)[O-])c1. The van der Waals surface area contributed by atoms with Crippen LogP contribution in [0.5, 0.6) is 0 Å². The fourth-order valence-corrected chi connectivity index (χ4v) is 2.13. The van der Waals surface area contributed by atoms with Crippen LogP contribution < -0.4 is 10.6 Å². The molecular formula is C17H16FN3O5. The molecule has 2 rings (SSSR count). The Balaban J connectivity index is 2.07. The van der Waals surface area contributed by atoms with Crippen molar-refractivity contribution in [3.63, 3.8) is 0 Å². The molecule has 2 aromatic rings. The molecule has 0 saturated heterocycles. The van der Waals surface area contributed by atoms with Crippen LogP contribution in [0, 0.1) is 15.9 Å². The second-order valence-corrected chi connectivity index (χ2v) is 5.26. The first-order valence-corrected chi connectivity index (χ1v) is 7.56. The van der Waals surface area contributed by atoms with Crippen LogP contribution >= 0.6 is 0 Å². The third-order valence-electron chi connectivity index (χ3n) is 3.48. The number of rotatable bonds is 6. The lowest BCUT2D eigenvalue weighted by Crippen LogP contribution is -2.30. The summed E-state index contributed by atoms with van der Waals surface area (Å²) in [4.78, 5) is 34.2. The molecule has 26 heavy (non-hydrogen) atoms. The Hall–Kier alpha value is -3.49. The second kappa shape index (κ2) is 8.06. The van der Waals surface area contributed by atoms with Crippen LogP contribution in [0.3, 0.4) is 0 Å². The van der Waals surface area contributed by atoms with Gasteiger partial charge < -0.3 is 15.4 Å². The zero-order valence-corrected chi connectivity index (χ0v) is 14.0. The van der Waals surface area contributed by atoms with Crippen molar-refractivity contribution in [2.24, 2.45) is 0 Å². The van der Waals surface area contributed by atoms with Crippen molar-refractivity contribution in [3.05, 3.63) is 64.0 Å². The Morgan fingerprint density at radius 2 is 1.92 bits per heavy atom. The molecule has 9 heteroatoms. The third kappa shape index (κ3) is 4.32. The fourth-order valence-electron chi connectivity index (χ4n) is 2.13. The number of halogens is 1. The maximum atomic E-state index is 13.3. The van der Waals surface area contributed by atoms with Crippen molar-refractivity contribution in [1.29, 1.82) is 0 Å². The Kier molecular flexibility index (Phi) is 5.84. The molecule has 2 aromatic carbocycles. The molecule has 0 saturated carbocycles. The standard InChI is InChI=1S/C17H16FN3O5/c1-10(26-17(23)12-5-3-4-6-14(12)19-2)16(22)20-11-7-8-13(18)15(9-11)21(24)25/h3-10,19H,1-2H3,(H,20,22)/t10-/m0/s1. The number of carbonyl (C=O) groups is 2. The molecule has 0 radical (unpaired) electrons. The molecule has 2 N–H and O–H groups in total. The average molecular weight is 361 g/mol. The average Bonchev–Trinajstić information content (AvgIpc) is 2.62. The first-order valence-electron chi connectivity index (χ1n) is 7.56. The monoisotopic (exact) mass is 361 g/mol. The normalized spacial score (nSPS) is 11.3. The van der Waals surface area contributed by atoms with Gasteiger partial charge in [-0.3, -0.25) is 14.9 Å². The number of nitrogens with zero attached hydrogens (tertiary/aromatic N) is 1. The van der Waals surface area contributed by atoms with Crippen LogP contribution in [0.2, 0.25) is 0 Å². The number of nitro groups is 1. The predicted octanol–water partition coefficient (Wildman–Crippen LogP) is 2.96. The number of ether oxygens (including phenoxy) is 1. The maximum Gasteiger partial charge on any atom is 0.341 e. The van der Waals surface area contributed by atoms with Crippen molar-refractivity contribution in [3.8, 4) is 0 Å². The molecule has 0 bridgehead atoms. The minimum Gasteiger partial charge on any atom is -0.449 e. The highest BCUT2D eigenvalue weighted by Gasteiger charge is 2.22. The number of hydrogen-bond donors (Lipinski definition) is 2. The molecule has 0 heterocycles. The second-order valence-electron chi connectivity index (χ2n) is 5.26. The summed E-state index contributed by atoms with van der Waals surface area (Å²) in [6, 6.07) is 9.54. The maximum absolute atomic E-state index is 13.3. The number of nitro benzene ring substituents is 1. The number of carbonyl (C=O) groups excluding carboxylic acids is 2. The van der Waals surface area contributed by atoms with E-state index in [9.17, 15) is 24.1 Å². The van der Waals surface area contributed by atoms with Gasteiger partial charge in [0.25, 0.3) is 5.91 Å². The highest BCUT2D eigenvalue weighted by molar-refractivity contribution is 5.99. The van der Waals surface area contributed by atoms with Gasteiger partial charge in [0, 0.05) is 24.5 Å². The molecule has 8 nitrogen and oxygen atoms in total. The molecule has 0 unspecified atom stereocenters. The summed E-state index contributed by atoms with van der Waals surface area (Å²) in [5.41, 5.74) is 0.0448. The van der Waals surface area contributed by atoms with E-state index < -0.39 is 34.4 Å². The summed E-state index contributed by atoms with van der Waals surface area (Å²) in [7, 11) is 1.64. The Morgan fingerprint density at radius 3 is 2.58 bits per heavy atom. The van der Waals surface area contributed by atoms with Gasteiger partial charge in [-0.05, 0) is 31.2 Å². The first-order chi connectivity index (χ1) is 12.3. The van der Waals surface area contributed by atoms with Gasteiger partial charge in [-0.1, -0.05) is 12.1 Å². The van der Waals surface area contributed by atoms with Crippen LogP contribution in [-0.4, -0.2) is 30.0 Å². The van der Waals surface area contributed by atoms with Crippen LogP contribution in [0.25, 0.3) is 0 Å². The summed E-state index contributed by atoms with van der Waals surface area (Å²) in [5.74, 6) is -2.43. The topological polar surface area (TPSA) is 111 Å². The van der Waals surface area contributed by atoms with Crippen molar-refractivity contribution in [2.45, 2.75) is 13.0 Å². The molecular weight excluding hydrogens is 345 g/mol. The number of hydrogen-bond acceptors (Lipinski definition) is 6. The van der Waals surface area contributed by atoms with Crippen LogP contribution in [0.15, 0.2) is 42.5 Å². The molecule has 0 aliphatic carbocycles. The number of anilines is 2. The van der Waals surface area contributed by atoms with Crippen molar-refractivity contribution in [2.75, 3.05) is 17.7 Å². The molecule has 0 fully saturated rings. The highest BCUT2D eigenvalue weighted by atomic mass is 19.1. The van der Waals surface area contributed by atoms with Crippen molar-refractivity contribution < 1.29 is 23.6 Å². The lowest BCUT2D eigenvalue weighted by atomic mass is 10.2. The van der Waals surface area contributed by atoms with E-state index in [4.69, 9.17) is 4.74 Å². The largest absolute Gasteiger partial charge is 0.449 e. The number of nitrogens with one attached hydrogen (secondary N) is 2. The highest BCUT2D eigenvalue weighted by Crippen LogP contribution is 2.22. The summed E-state index contributed by atoms with van der Waals surface area (Å²) >= 11 is 0. The molecule has 1 amide bonds. The van der Waals surface area contributed by atoms with Crippen LogP contribution in [-0.2, 0) is 9.53 Å². The Labute approximate surface area is 148 Å². The van der Waals surface area contributed by atoms with Gasteiger partial charge in [-0.15, -0.1) is 0 Å². The Bertz CT molecular complexity index is 856. The molecule has 0 spiro atoms. The minimum absolute atomic E-state index is 0.0154. The number of benzene rings is 2. The van der Waals surface area contributed by atoms with Gasteiger partial charge in [-0.25, -0.2) is 4.79 Å². The van der Waals surface area contributed by atoms with E-state index in [1.807, 2.05) is 0 Å². The zero-order chi connectivity index (χ0) is 19.3. The van der Waals surface area contributed by atoms with E-state index in [2.05, 4.69) is 10.6 Å². The molecule has 1 atom stereocenters. The van der Waals surface area contributed by atoms with E-state index in [0.29, 0.717) is 5.69 Å². The lowest BCUT2D eigenvalue weighted by molar-refractivity contribution is -0.387. The van der Waals surface area contributed by atoms with Crippen LogP contribution in [0.4, 0.5) is 21.5 Å². The quantitative estimate of drug-likeness (QED) is 0.465. The third-order valence-corrected chi connectivity index (χ3v) is 3.48. The van der Waals surface area contributed by atoms with Crippen LogP contribution in [0.1, 0.15) is 17.3 Å². The predicted molar refractivity (Wildman–Crippen MR) is 92.6 cm³/mol. The molecule has 136 valence electrons. The lowest BCUT2D eigenvalue weighted by Gasteiger charge is -2.15. The van der Waals surface area contributed by atoms with Crippen molar-refractivity contribution >= 4 is 28.9 Å². The summed E-state index contributed by atoms with van der Waals surface area (Å²) in [6.07, 6.45) is -1.17. The van der Waals surface area contributed by atoms with E-state index in [-0.39, 0.29) is 11.3 Å². The van der Waals surface area contributed by atoms with Gasteiger partial charge in [0.2, 0.25) is 5.82 Å². The van der Waals surface area contributed by atoms with Gasteiger partial charge >= 0.3 is 11.7 Å². The van der Waals surface area contributed by atoms with E-state index >= 15 is 0 Å². The summed E-state index contributed by atoms with van der Waals surface area (Å²) in [5, 5.41) is 15.9. The van der Waals surface area contributed by atoms with E-state index in [1.165, 1.54) is 13.0 Å². The molecule has 0 aliphatic rings. The zero-order valence-electron chi connectivity index (χ0n) is 14.0. The van der Waals surface area contributed by atoms with E-state index in [1.54, 1.807) is 31.3 Å². The molecule has 0 aromatic heterocycles. The first kappa shape index (κ1) is 18.8. The minimum atomic E-state index is -1.17. The Morgan fingerprint density at radius 1 is 1.23 bits per heavy atom. The fraction of sp³-hybridized carbons (Fsp3) is 0.176. The van der Waals surface area contributed by atoms with Gasteiger partial charge in [0.05, 0.1) is 10.5 Å². The van der Waals surface area contributed by atoms with Gasteiger partial charge in [0.15, 0.2) is 6.10 Å². The molecule has 0 aliphatic heterocycles. The van der Waals surface area contributed by atoms with Gasteiger partial charge in [0.1, 0.15) is 0 Å². The van der Waals surface area contributed by atoms with Crippen molar-refractivity contribution in [1.82, 2.24) is 0 Å². The summed E-state index contributed by atoms with van der Waals surface area (Å²) in [6.45, 7) is 1.35. The number of para-hydroxylation sites is 1.